The molecule has 1 unspecified atom stereocenters. The molecule has 0 spiro atoms. The number of anilines is 1. The van der Waals surface area contributed by atoms with Gasteiger partial charge < -0.3 is 9.80 Å². The highest BCUT2D eigenvalue weighted by atomic mass is 35.5. The molecule has 1 atom stereocenters. The molecule has 1 aliphatic heterocycles. The zero-order chi connectivity index (χ0) is 14.8. The molecule has 0 saturated carbocycles. The Kier molecular flexibility index (Phi) is 4.29. The van der Waals surface area contributed by atoms with Gasteiger partial charge in [-0.2, -0.15) is 0 Å². The molecule has 3 rings (SSSR count). The summed E-state index contributed by atoms with van der Waals surface area (Å²) in [5.74, 6) is 0. The van der Waals surface area contributed by atoms with Crippen LogP contribution in [0, 0.1) is 0 Å². The Morgan fingerprint density at radius 2 is 1.86 bits per heavy atom. The average molecular weight is 323 g/mol. The molecule has 0 amide bonds. The smallest absolute Gasteiger partial charge is 0.175 e. The number of hydrogen-bond donors (Lipinski definition) is 0. The quantitative estimate of drug-likeness (QED) is 0.849. The van der Waals surface area contributed by atoms with Gasteiger partial charge in [-0.15, -0.1) is 10.2 Å². The van der Waals surface area contributed by atoms with Gasteiger partial charge in [0.25, 0.3) is 0 Å². The number of halogens is 2. The Morgan fingerprint density at radius 1 is 1.10 bits per heavy atom. The van der Waals surface area contributed by atoms with Crippen molar-refractivity contribution in [1.82, 2.24) is 15.1 Å². The summed E-state index contributed by atoms with van der Waals surface area (Å²) in [7, 11) is 2.13. The van der Waals surface area contributed by atoms with Crippen LogP contribution in [0.15, 0.2) is 36.4 Å². The number of aromatic nitrogens is 2. The summed E-state index contributed by atoms with van der Waals surface area (Å²) < 4.78 is 0. The first-order valence-corrected chi connectivity index (χ1v) is 7.59. The van der Waals surface area contributed by atoms with E-state index < -0.39 is 0 Å². The summed E-state index contributed by atoms with van der Waals surface area (Å²) in [6.45, 7) is 2.78. The second kappa shape index (κ2) is 6.18. The maximum Gasteiger partial charge on any atom is 0.175 e. The molecule has 1 aromatic heterocycles. The second-order valence-corrected chi connectivity index (χ2v) is 5.97. The Labute approximate surface area is 134 Å². The number of piperazine rings is 1. The first kappa shape index (κ1) is 14.6. The summed E-state index contributed by atoms with van der Waals surface area (Å²) in [6.07, 6.45) is 0. The van der Waals surface area contributed by atoms with E-state index >= 15 is 0 Å². The molecule has 21 heavy (non-hydrogen) atoms. The lowest BCUT2D eigenvalue weighted by atomic mass is 10.0. The number of nitrogens with zero attached hydrogens (tertiary/aromatic N) is 4. The maximum atomic E-state index is 6.23. The molecule has 1 aliphatic rings. The zero-order valence-corrected chi connectivity index (χ0v) is 13.2. The van der Waals surface area contributed by atoms with Gasteiger partial charge >= 0.3 is 0 Å². The van der Waals surface area contributed by atoms with Crippen LogP contribution in [0.5, 0.6) is 0 Å². The SMILES string of the molecule is CN1CCN(c2cc(Cl)nnc2Cl)C(c2ccccc2)C1. The predicted molar refractivity (Wildman–Crippen MR) is 86.1 cm³/mol. The van der Waals surface area contributed by atoms with Crippen molar-refractivity contribution in [2.75, 3.05) is 31.6 Å². The van der Waals surface area contributed by atoms with Gasteiger partial charge in [0, 0.05) is 25.7 Å². The van der Waals surface area contributed by atoms with Crippen LogP contribution in [0.2, 0.25) is 10.3 Å². The largest absolute Gasteiger partial charge is 0.359 e. The molecular weight excluding hydrogens is 307 g/mol. The number of hydrogen-bond acceptors (Lipinski definition) is 4. The van der Waals surface area contributed by atoms with E-state index in [2.05, 4.69) is 51.3 Å². The zero-order valence-electron chi connectivity index (χ0n) is 11.7. The number of benzene rings is 1. The Hall–Kier alpha value is -1.36. The van der Waals surface area contributed by atoms with E-state index in [4.69, 9.17) is 23.2 Å². The summed E-state index contributed by atoms with van der Waals surface area (Å²) in [6, 6.07) is 12.4. The monoisotopic (exact) mass is 322 g/mol. The third kappa shape index (κ3) is 3.12. The minimum absolute atomic E-state index is 0.225. The van der Waals surface area contributed by atoms with Gasteiger partial charge in [0.1, 0.15) is 0 Å². The van der Waals surface area contributed by atoms with Crippen molar-refractivity contribution in [3.63, 3.8) is 0 Å². The topological polar surface area (TPSA) is 32.3 Å². The van der Waals surface area contributed by atoms with Crippen molar-refractivity contribution in [3.8, 4) is 0 Å². The lowest BCUT2D eigenvalue weighted by molar-refractivity contribution is 0.269. The fraction of sp³-hybridized carbons (Fsp3) is 0.333. The van der Waals surface area contributed by atoms with Crippen LogP contribution in [0.4, 0.5) is 5.69 Å². The molecule has 0 radical (unpaired) electrons. The Bertz CT molecular complexity index is 620. The third-order valence-electron chi connectivity index (χ3n) is 3.78. The molecule has 4 nitrogen and oxygen atoms in total. The molecule has 0 N–H and O–H groups in total. The Morgan fingerprint density at radius 3 is 2.62 bits per heavy atom. The fourth-order valence-electron chi connectivity index (χ4n) is 2.71. The van der Waals surface area contributed by atoms with Crippen molar-refractivity contribution >= 4 is 28.9 Å². The molecule has 2 heterocycles. The van der Waals surface area contributed by atoms with Crippen molar-refractivity contribution in [1.29, 1.82) is 0 Å². The van der Waals surface area contributed by atoms with E-state index in [-0.39, 0.29) is 6.04 Å². The predicted octanol–water partition coefficient (Wildman–Crippen LogP) is 3.28. The van der Waals surface area contributed by atoms with Crippen LogP contribution in [0.3, 0.4) is 0 Å². The van der Waals surface area contributed by atoms with Gasteiger partial charge in [0.2, 0.25) is 0 Å². The molecule has 110 valence electrons. The van der Waals surface area contributed by atoms with Gasteiger partial charge in [-0.25, -0.2) is 0 Å². The minimum atomic E-state index is 0.225. The molecule has 6 heteroatoms. The van der Waals surface area contributed by atoms with Crippen LogP contribution in [-0.4, -0.2) is 41.8 Å². The third-order valence-corrected chi connectivity index (χ3v) is 4.23. The van der Waals surface area contributed by atoms with Crippen molar-refractivity contribution < 1.29 is 0 Å². The van der Waals surface area contributed by atoms with E-state index in [0.29, 0.717) is 10.3 Å². The summed E-state index contributed by atoms with van der Waals surface area (Å²) >= 11 is 12.2. The van der Waals surface area contributed by atoms with Crippen LogP contribution >= 0.6 is 23.2 Å². The molecule has 0 aliphatic carbocycles. The van der Waals surface area contributed by atoms with E-state index in [1.807, 2.05) is 6.07 Å². The first-order valence-electron chi connectivity index (χ1n) is 6.84. The number of likely N-dealkylation sites (N-methyl/N-ethyl adjacent to an activating group) is 1. The fourth-order valence-corrected chi connectivity index (χ4v) is 3.06. The summed E-state index contributed by atoms with van der Waals surface area (Å²) in [5, 5.41) is 8.48. The van der Waals surface area contributed by atoms with Crippen molar-refractivity contribution in [3.05, 3.63) is 52.3 Å². The van der Waals surface area contributed by atoms with Crippen molar-refractivity contribution in [2.24, 2.45) is 0 Å². The van der Waals surface area contributed by atoms with E-state index in [9.17, 15) is 0 Å². The molecule has 1 saturated heterocycles. The molecular formula is C15H16Cl2N4. The highest BCUT2D eigenvalue weighted by molar-refractivity contribution is 6.33. The van der Waals surface area contributed by atoms with Crippen LogP contribution in [0.25, 0.3) is 0 Å². The van der Waals surface area contributed by atoms with Crippen molar-refractivity contribution in [2.45, 2.75) is 6.04 Å². The van der Waals surface area contributed by atoms with Gasteiger partial charge in [0.05, 0.1) is 11.7 Å². The van der Waals surface area contributed by atoms with Crippen LogP contribution in [0.1, 0.15) is 11.6 Å². The van der Waals surface area contributed by atoms with Gasteiger partial charge in [-0.05, 0) is 12.6 Å². The average Bonchev–Trinajstić information content (AvgIpc) is 2.51. The molecule has 2 aromatic rings. The molecule has 1 aromatic carbocycles. The first-order chi connectivity index (χ1) is 10.1. The summed E-state index contributed by atoms with van der Waals surface area (Å²) in [5.41, 5.74) is 2.10. The Balaban J connectivity index is 2.00. The lowest BCUT2D eigenvalue weighted by Crippen LogP contribution is -2.47. The lowest BCUT2D eigenvalue weighted by Gasteiger charge is -2.41. The van der Waals surface area contributed by atoms with E-state index in [1.54, 1.807) is 6.07 Å². The van der Waals surface area contributed by atoms with Gasteiger partial charge in [0.15, 0.2) is 10.3 Å². The number of rotatable bonds is 2. The van der Waals surface area contributed by atoms with E-state index in [1.165, 1.54) is 5.56 Å². The molecule has 0 bridgehead atoms. The summed E-state index contributed by atoms with van der Waals surface area (Å²) in [4.78, 5) is 4.58. The minimum Gasteiger partial charge on any atom is -0.359 e. The van der Waals surface area contributed by atoms with Crippen LogP contribution in [-0.2, 0) is 0 Å². The molecule has 1 fully saturated rings. The second-order valence-electron chi connectivity index (χ2n) is 5.23. The maximum absolute atomic E-state index is 6.23. The highest BCUT2D eigenvalue weighted by Gasteiger charge is 2.28. The van der Waals surface area contributed by atoms with Gasteiger partial charge in [-0.3, -0.25) is 0 Å². The standard InChI is InChI=1S/C15H16Cl2N4/c1-20-7-8-21(12-9-14(16)18-19-15(12)17)13(10-20)11-5-3-2-4-6-11/h2-6,9,13H,7-8,10H2,1H3. The normalized spacial score (nSPS) is 19.8. The van der Waals surface area contributed by atoms with E-state index in [0.717, 1.165) is 25.3 Å². The highest BCUT2D eigenvalue weighted by Crippen LogP contribution is 2.34. The van der Waals surface area contributed by atoms with Crippen LogP contribution < -0.4 is 4.90 Å². The van der Waals surface area contributed by atoms with Gasteiger partial charge in [-0.1, -0.05) is 53.5 Å².